The first-order valence-corrected chi connectivity index (χ1v) is 23.2. The molecule has 0 spiro atoms. The van der Waals surface area contributed by atoms with E-state index in [1.54, 1.807) is 0 Å². The van der Waals surface area contributed by atoms with Gasteiger partial charge in [0.05, 0.1) is 32.0 Å². The molecule has 1 aliphatic rings. The van der Waals surface area contributed by atoms with Crippen molar-refractivity contribution in [2.24, 2.45) is 0 Å². The highest BCUT2D eigenvalue weighted by Gasteiger charge is 2.36. The van der Waals surface area contributed by atoms with Gasteiger partial charge in [0.1, 0.15) is 12.7 Å². The van der Waals surface area contributed by atoms with Crippen LogP contribution in [0.5, 0.6) is 0 Å². The Balaban J connectivity index is 2.32. The number of rotatable bonds is 38. The third-order valence-corrected chi connectivity index (χ3v) is 9.93. The Bertz CT molecular complexity index is 1300. The van der Waals surface area contributed by atoms with E-state index in [1.165, 1.54) is 25.7 Å². The summed E-state index contributed by atoms with van der Waals surface area (Å²) in [7, 11) is -4.65. The van der Waals surface area contributed by atoms with E-state index in [2.05, 4.69) is 91.3 Å². The Morgan fingerprint density at radius 2 is 1.19 bits per heavy atom. The number of hydrogen-bond acceptors (Lipinski definition) is 10. The van der Waals surface area contributed by atoms with Crippen LogP contribution in [-0.2, 0) is 37.4 Å². The molecule has 1 fully saturated rings. The summed E-state index contributed by atoms with van der Waals surface area (Å²) in [6.07, 6.45) is 46.0. The fourth-order valence-corrected chi connectivity index (χ4v) is 6.31. The number of unbranched alkanes of at least 4 members (excludes halogenated alkanes) is 9. The number of phosphoric acid groups is 1. The zero-order chi connectivity index (χ0) is 42.4. The van der Waals surface area contributed by atoms with Crippen LogP contribution >= 0.6 is 7.82 Å². The summed E-state index contributed by atoms with van der Waals surface area (Å²) in [6, 6.07) is 0. The number of aliphatic hydroxyl groups excluding tert-OH is 2. The molecular weight excluding hydrogens is 759 g/mol. The van der Waals surface area contributed by atoms with Crippen LogP contribution in [0.1, 0.15) is 142 Å². The molecule has 0 aliphatic carbocycles. The van der Waals surface area contributed by atoms with E-state index in [4.69, 9.17) is 23.8 Å². The average Bonchev–Trinajstić information content (AvgIpc) is 3.97. The molecule has 1 heterocycles. The van der Waals surface area contributed by atoms with E-state index in [9.17, 15) is 24.2 Å². The minimum atomic E-state index is -4.65. The fourth-order valence-electron chi connectivity index (χ4n) is 5.52. The normalized spacial score (nSPS) is 18.2. The van der Waals surface area contributed by atoms with Gasteiger partial charge in [-0.25, -0.2) is 4.57 Å². The van der Waals surface area contributed by atoms with Crippen LogP contribution in [-0.4, -0.2) is 77.9 Å². The molecule has 0 bridgehead atoms. The molecule has 0 aromatic carbocycles. The fraction of sp³-hybridized carbons (Fsp3) is 0.652. The Kier molecular flexibility index (Phi) is 34.0. The highest BCUT2D eigenvalue weighted by Crippen LogP contribution is 2.43. The third kappa shape index (κ3) is 34.0. The van der Waals surface area contributed by atoms with Crippen LogP contribution in [0.4, 0.5) is 0 Å². The number of hydrogen-bond donors (Lipinski definition) is 3. The molecule has 3 unspecified atom stereocenters. The van der Waals surface area contributed by atoms with E-state index in [0.29, 0.717) is 25.0 Å². The molecule has 3 N–H and O–H groups in total. The van der Waals surface area contributed by atoms with E-state index >= 15 is 0 Å². The minimum Gasteiger partial charge on any atom is -0.462 e. The Morgan fingerprint density at radius 1 is 0.638 bits per heavy atom. The first-order chi connectivity index (χ1) is 28.2. The van der Waals surface area contributed by atoms with Gasteiger partial charge in [-0.3, -0.25) is 18.6 Å². The molecule has 58 heavy (non-hydrogen) atoms. The van der Waals surface area contributed by atoms with Crippen molar-refractivity contribution in [3.8, 4) is 0 Å². The smallest absolute Gasteiger partial charge is 0.462 e. The standard InChI is InChI=1S/C46H75O11P/c1-3-5-7-8-9-10-11-12-13-14-18-21-24-27-31-35-45(49)53-39-42(40-55-58(51,52)54-38-41(48)37-47)56-46(50)36-32-28-25-22-19-16-15-17-20-23-26-30-34-44-43(57-44)33-29-6-4-2/h6,10-13,16-17,19-20,25-26,28-30,41-44,47-48H,3-5,7-9,14-15,18,21-24,27,31-40H2,1-2H3,(H,51,52)/b11-10-,13-12-,19-16-,20-17-,28-25-,29-6-,30-26-/t41-,42+,43?,44?/m0/s1. The molecule has 0 aromatic heterocycles. The van der Waals surface area contributed by atoms with Crippen molar-refractivity contribution in [3.63, 3.8) is 0 Å². The maximum Gasteiger partial charge on any atom is 0.472 e. The lowest BCUT2D eigenvalue weighted by Gasteiger charge is -2.20. The molecule has 0 amide bonds. The number of carbonyl (C=O) groups is 2. The minimum absolute atomic E-state index is 0.0476. The number of esters is 2. The molecule has 1 saturated heterocycles. The molecule has 0 saturated carbocycles. The first kappa shape index (κ1) is 53.1. The molecule has 11 nitrogen and oxygen atoms in total. The van der Waals surface area contributed by atoms with Gasteiger partial charge in [0.25, 0.3) is 0 Å². The zero-order valence-electron chi connectivity index (χ0n) is 35.4. The molecule has 0 aromatic rings. The van der Waals surface area contributed by atoms with E-state index in [0.717, 1.165) is 77.0 Å². The monoisotopic (exact) mass is 835 g/mol. The summed E-state index contributed by atoms with van der Waals surface area (Å²) in [6.45, 7) is 2.11. The predicted molar refractivity (Wildman–Crippen MR) is 232 cm³/mol. The maximum absolute atomic E-state index is 12.6. The quantitative estimate of drug-likeness (QED) is 0.0136. The first-order valence-electron chi connectivity index (χ1n) is 21.7. The Hall–Kier alpha value is -2.89. The van der Waals surface area contributed by atoms with Crippen molar-refractivity contribution in [3.05, 3.63) is 85.1 Å². The van der Waals surface area contributed by atoms with E-state index in [-0.39, 0.29) is 19.4 Å². The summed E-state index contributed by atoms with van der Waals surface area (Å²) in [5.74, 6) is -1.05. The number of carbonyl (C=O) groups excluding carboxylic acids is 2. The van der Waals surface area contributed by atoms with Gasteiger partial charge in [0.15, 0.2) is 6.10 Å². The van der Waals surface area contributed by atoms with Crippen LogP contribution < -0.4 is 0 Å². The van der Waals surface area contributed by atoms with Gasteiger partial charge in [0, 0.05) is 12.8 Å². The lowest BCUT2D eigenvalue weighted by Crippen LogP contribution is -2.29. The van der Waals surface area contributed by atoms with Crippen LogP contribution in [0.15, 0.2) is 85.1 Å². The molecule has 5 atom stereocenters. The van der Waals surface area contributed by atoms with Crippen molar-refractivity contribution in [1.82, 2.24) is 0 Å². The van der Waals surface area contributed by atoms with Crippen LogP contribution in [0.2, 0.25) is 0 Å². The number of phosphoric ester groups is 1. The van der Waals surface area contributed by atoms with Crippen LogP contribution in [0.25, 0.3) is 0 Å². The van der Waals surface area contributed by atoms with Crippen LogP contribution in [0.3, 0.4) is 0 Å². The Morgan fingerprint density at radius 3 is 1.81 bits per heavy atom. The van der Waals surface area contributed by atoms with Crippen molar-refractivity contribution in [1.29, 1.82) is 0 Å². The summed E-state index contributed by atoms with van der Waals surface area (Å²) >= 11 is 0. The number of epoxide rings is 1. The molecule has 12 heteroatoms. The third-order valence-electron chi connectivity index (χ3n) is 8.98. The lowest BCUT2D eigenvalue weighted by atomic mass is 10.1. The zero-order valence-corrected chi connectivity index (χ0v) is 36.3. The predicted octanol–water partition coefficient (Wildman–Crippen LogP) is 10.4. The summed E-state index contributed by atoms with van der Waals surface area (Å²) < 4.78 is 38.3. The number of allylic oxidation sites excluding steroid dienone is 12. The largest absolute Gasteiger partial charge is 0.472 e. The lowest BCUT2D eigenvalue weighted by molar-refractivity contribution is -0.161. The summed E-state index contributed by atoms with van der Waals surface area (Å²) in [4.78, 5) is 35.0. The highest BCUT2D eigenvalue weighted by atomic mass is 31.2. The van der Waals surface area contributed by atoms with Gasteiger partial charge in [-0.2, -0.15) is 0 Å². The SMILES string of the molecule is CC/C=C\CC1OC1C/C=C\C/C=C\C/C=C\C/C=C\CCC(=O)O[C@H](COC(=O)CCCCCCC/C=C\C=C/CCCCCC)COP(=O)(O)OC[C@@H](O)CO. The van der Waals surface area contributed by atoms with Gasteiger partial charge in [-0.05, 0) is 77.0 Å². The number of ether oxygens (including phenoxy) is 3. The molecular formula is C46H75O11P. The Labute approximate surface area is 349 Å². The van der Waals surface area contributed by atoms with Gasteiger partial charge in [0.2, 0.25) is 0 Å². The molecule has 0 radical (unpaired) electrons. The molecule has 330 valence electrons. The van der Waals surface area contributed by atoms with Gasteiger partial charge in [-0.1, -0.05) is 137 Å². The van der Waals surface area contributed by atoms with Gasteiger partial charge >= 0.3 is 19.8 Å². The maximum atomic E-state index is 12.6. The van der Waals surface area contributed by atoms with Crippen molar-refractivity contribution in [2.45, 2.75) is 167 Å². The molecule has 1 aliphatic heterocycles. The van der Waals surface area contributed by atoms with Crippen molar-refractivity contribution in [2.75, 3.05) is 26.4 Å². The second kappa shape index (κ2) is 37.1. The highest BCUT2D eigenvalue weighted by molar-refractivity contribution is 7.47. The second-order valence-corrected chi connectivity index (χ2v) is 15.9. The topological polar surface area (TPSA) is 161 Å². The van der Waals surface area contributed by atoms with E-state index < -0.39 is 51.8 Å². The van der Waals surface area contributed by atoms with Crippen molar-refractivity contribution >= 4 is 19.8 Å². The van der Waals surface area contributed by atoms with Crippen molar-refractivity contribution < 1.29 is 52.5 Å². The number of aliphatic hydroxyl groups is 2. The summed E-state index contributed by atoms with van der Waals surface area (Å²) in [5, 5.41) is 18.3. The van der Waals surface area contributed by atoms with Crippen LogP contribution in [0, 0.1) is 0 Å². The summed E-state index contributed by atoms with van der Waals surface area (Å²) in [5.41, 5.74) is 0. The second-order valence-electron chi connectivity index (χ2n) is 14.4. The van der Waals surface area contributed by atoms with Gasteiger partial charge in [-0.15, -0.1) is 0 Å². The van der Waals surface area contributed by atoms with Gasteiger partial charge < -0.3 is 29.3 Å². The van der Waals surface area contributed by atoms with E-state index in [1.807, 2.05) is 12.2 Å². The average molecular weight is 835 g/mol. The molecule has 1 rings (SSSR count).